The molecule has 0 bridgehead atoms. The van der Waals surface area contributed by atoms with E-state index in [0.717, 1.165) is 31.2 Å². The molecule has 1 N–H and O–H groups in total. The number of allylic oxidation sites excluding steroid dienone is 1. The third kappa shape index (κ3) is 2.58. The average Bonchev–Trinajstić information content (AvgIpc) is 2.85. The van der Waals surface area contributed by atoms with Crippen LogP contribution in [0.1, 0.15) is 54.9 Å². The number of rotatable bonds is 2. The van der Waals surface area contributed by atoms with Gasteiger partial charge < -0.3 is 9.84 Å². The van der Waals surface area contributed by atoms with Gasteiger partial charge in [0.15, 0.2) is 0 Å². The summed E-state index contributed by atoms with van der Waals surface area (Å²) in [4.78, 5) is 11.5. The number of hydrogen-bond donors (Lipinski definition) is 1. The first-order valence-electron chi connectivity index (χ1n) is 8.12. The summed E-state index contributed by atoms with van der Waals surface area (Å²) >= 11 is 0. The van der Waals surface area contributed by atoms with Crippen LogP contribution < -0.4 is 0 Å². The van der Waals surface area contributed by atoms with Gasteiger partial charge in [-0.1, -0.05) is 30.7 Å². The van der Waals surface area contributed by atoms with Crippen LogP contribution in [0.25, 0.3) is 6.08 Å². The van der Waals surface area contributed by atoms with Gasteiger partial charge in [0, 0.05) is 0 Å². The molecule has 0 amide bonds. The SMILES string of the molecule is COC(=O)c1ccc(/C=C2\CC[C@H]3[C@@H](O)CCC[C@]23C)cc1. The molecule has 3 nitrogen and oxygen atoms in total. The van der Waals surface area contributed by atoms with E-state index < -0.39 is 0 Å². The van der Waals surface area contributed by atoms with Crippen LogP contribution in [0, 0.1) is 11.3 Å². The summed E-state index contributed by atoms with van der Waals surface area (Å²) in [7, 11) is 1.39. The summed E-state index contributed by atoms with van der Waals surface area (Å²) in [5.74, 6) is 0.101. The molecule has 118 valence electrons. The highest BCUT2D eigenvalue weighted by molar-refractivity contribution is 5.89. The van der Waals surface area contributed by atoms with E-state index in [9.17, 15) is 9.90 Å². The predicted octanol–water partition coefficient (Wildman–Crippen LogP) is 3.82. The standard InChI is InChI=1S/C19H24O3/c1-19-11-3-4-17(20)16(19)10-9-15(19)12-13-5-7-14(8-6-13)18(21)22-2/h5-8,12,16-17,20H,3-4,9-11H2,1-2H3/b15-12+/t16-,17-,19+/m0/s1. The monoisotopic (exact) mass is 300 g/mol. The fourth-order valence-electron chi connectivity index (χ4n) is 4.27. The Bertz CT molecular complexity index is 587. The number of methoxy groups -OCH3 is 1. The Kier molecular flexibility index (Phi) is 4.09. The van der Waals surface area contributed by atoms with E-state index >= 15 is 0 Å². The fraction of sp³-hybridized carbons (Fsp3) is 0.526. The van der Waals surface area contributed by atoms with Gasteiger partial charge in [0.05, 0.1) is 18.8 Å². The molecule has 0 unspecified atom stereocenters. The Hall–Kier alpha value is -1.61. The van der Waals surface area contributed by atoms with Gasteiger partial charge in [0.2, 0.25) is 0 Å². The van der Waals surface area contributed by atoms with Crippen LogP contribution in [0.15, 0.2) is 29.8 Å². The van der Waals surface area contributed by atoms with Crippen LogP contribution in [0.4, 0.5) is 0 Å². The molecule has 3 atom stereocenters. The van der Waals surface area contributed by atoms with Gasteiger partial charge in [-0.25, -0.2) is 4.79 Å². The number of benzene rings is 1. The minimum atomic E-state index is -0.303. The highest BCUT2D eigenvalue weighted by atomic mass is 16.5. The van der Waals surface area contributed by atoms with Gasteiger partial charge >= 0.3 is 5.97 Å². The Morgan fingerprint density at radius 3 is 2.73 bits per heavy atom. The van der Waals surface area contributed by atoms with Crippen molar-refractivity contribution < 1.29 is 14.6 Å². The van der Waals surface area contributed by atoms with Crippen molar-refractivity contribution in [1.82, 2.24) is 0 Å². The van der Waals surface area contributed by atoms with Gasteiger partial charge in [-0.3, -0.25) is 0 Å². The number of hydrogen-bond acceptors (Lipinski definition) is 3. The lowest BCUT2D eigenvalue weighted by atomic mass is 9.66. The summed E-state index contributed by atoms with van der Waals surface area (Å²) in [5, 5.41) is 10.3. The minimum Gasteiger partial charge on any atom is -0.465 e. The van der Waals surface area contributed by atoms with Crippen molar-refractivity contribution in [3.8, 4) is 0 Å². The Labute approximate surface area is 132 Å². The van der Waals surface area contributed by atoms with E-state index in [-0.39, 0.29) is 17.5 Å². The molecule has 0 heterocycles. The lowest BCUT2D eigenvalue weighted by molar-refractivity contribution is 0.0152. The topological polar surface area (TPSA) is 46.5 Å². The van der Waals surface area contributed by atoms with Crippen molar-refractivity contribution in [2.24, 2.45) is 11.3 Å². The van der Waals surface area contributed by atoms with Gasteiger partial charge in [-0.05, 0) is 61.1 Å². The molecule has 3 heteroatoms. The largest absolute Gasteiger partial charge is 0.465 e. The lowest BCUT2D eigenvalue weighted by Gasteiger charge is -2.40. The van der Waals surface area contributed by atoms with E-state index in [1.54, 1.807) is 0 Å². The van der Waals surface area contributed by atoms with Crippen molar-refractivity contribution in [3.05, 3.63) is 41.0 Å². The molecule has 1 aromatic carbocycles. The second kappa shape index (κ2) is 5.88. The zero-order chi connectivity index (χ0) is 15.7. The zero-order valence-electron chi connectivity index (χ0n) is 13.3. The van der Waals surface area contributed by atoms with Crippen molar-refractivity contribution >= 4 is 12.0 Å². The maximum absolute atomic E-state index is 11.5. The maximum Gasteiger partial charge on any atom is 0.337 e. The minimum absolute atomic E-state index is 0.138. The molecule has 1 aromatic rings. The average molecular weight is 300 g/mol. The number of carbonyl (C=O) groups is 1. The van der Waals surface area contributed by atoms with E-state index in [1.807, 2.05) is 24.3 Å². The first-order valence-corrected chi connectivity index (χ1v) is 8.12. The van der Waals surface area contributed by atoms with Crippen molar-refractivity contribution in [2.45, 2.75) is 45.1 Å². The molecule has 2 saturated carbocycles. The van der Waals surface area contributed by atoms with Gasteiger partial charge in [0.1, 0.15) is 0 Å². The number of carbonyl (C=O) groups excluding carboxylic acids is 1. The molecule has 0 saturated heterocycles. The second-order valence-corrected chi connectivity index (χ2v) is 6.81. The Morgan fingerprint density at radius 2 is 2.05 bits per heavy atom. The third-order valence-corrected chi connectivity index (χ3v) is 5.61. The molecule has 2 aliphatic rings. The molecule has 0 aromatic heterocycles. The van der Waals surface area contributed by atoms with Crippen LogP contribution >= 0.6 is 0 Å². The van der Waals surface area contributed by atoms with Crippen molar-refractivity contribution in [3.63, 3.8) is 0 Å². The zero-order valence-corrected chi connectivity index (χ0v) is 13.3. The van der Waals surface area contributed by atoms with Gasteiger partial charge in [0.25, 0.3) is 0 Å². The normalized spacial score (nSPS) is 32.8. The maximum atomic E-state index is 11.5. The van der Waals surface area contributed by atoms with Crippen LogP contribution in [0.5, 0.6) is 0 Å². The summed E-state index contributed by atoms with van der Waals surface area (Å²) in [6.45, 7) is 2.31. The van der Waals surface area contributed by atoms with E-state index in [2.05, 4.69) is 13.0 Å². The Morgan fingerprint density at radius 1 is 1.32 bits per heavy atom. The van der Waals surface area contributed by atoms with Crippen LogP contribution in [-0.2, 0) is 4.74 Å². The van der Waals surface area contributed by atoms with Crippen LogP contribution in [0.3, 0.4) is 0 Å². The first kappa shape index (κ1) is 15.3. The first-order chi connectivity index (χ1) is 10.5. The number of ether oxygens (including phenoxy) is 1. The summed E-state index contributed by atoms with van der Waals surface area (Å²) < 4.78 is 4.73. The fourth-order valence-corrected chi connectivity index (χ4v) is 4.27. The quantitative estimate of drug-likeness (QED) is 0.845. The predicted molar refractivity (Wildman–Crippen MR) is 86.4 cm³/mol. The highest BCUT2D eigenvalue weighted by Crippen LogP contribution is 2.55. The second-order valence-electron chi connectivity index (χ2n) is 6.81. The van der Waals surface area contributed by atoms with Crippen molar-refractivity contribution in [1.29, 1.82) is 0 Å². The Balaban J connectivity index is 1.84. The van der Waals surface area contributed by atoms with E-state index in [0.29, 0.717) is 11.5 Å². The molecule has 3 rings (SSSR count). The molecule has 0 spiro atoms. The molecule has 2 aliphatic carbocycles. The van der Waals surface area contributed by atoms with Crippen LogP contribution in [0.2, 0.25) is 0 Å². The summed E-state index contributed by atoms with van der Waals surface area (Å²) in [5.41, 5.74) is 3.28. The number of fused-ring (bicyclic) bond motifs is 1. The third-order valence-electron chi connectivity index (χ3n) is 5.61. The molecular weight excluding hydrogens is 276 g/mol. The molecule has 0 aliphatic heterocycles. The van der Waals surface area contributed by atoms with Gasteiger partial charge in [-0.15, -0.1) is 0 Å². The number of aliphatic hydroxyl groups is 1. The summed E-state index contributed by atoms with van der Waals surface area (Å²) in [6.07, 6.45) is 7.47. The van der Waals surface area contributed by atoms with Gasteiger partial charge in [-0.2, -0.15) is 0 Å². The van der Waals surface area contributed by atoms with Crippen LogP contribution in [-0.4, -0.2) is 24.3 Å². The molecule has 0 radical (unpaired) electrons. The van der Waals surface area contributed by atoms with E-state index in [4.69, 9.17) is 4.74 Å². The highest BCUT2D eigenvalue weighted by Gasteiger charge is 2.47. The number of aliphatic hydroxyl groups excluding tert-OH is 1. The van der Waals surface area contributed by atoms with Crippen molar-refractivity contribution in [2.75, 3.05) is 7.11 Å². The smallest absolute Gasteiger partial charge is 0.337 e. The molecule has 22 heavy (non-hydrogen) atoms. The summed E-state index contributed by atoms with van der Waals surface area (Å²) in [6, 6.07) is 7.55. The molecule has 2 fully saturated rings. The van der Waals surface area contributed by atoms with E-state index in [1.165, 1.54) is 19.1 Å². The number of esters is 1. The lowest BCUT2D eigenvalue weighted by Crippen LogP contribution is -2.37. The molecular formula is C19H24O3.